The quantitative estimate of drug-likeness (QED) is 0.344. The first kappa shape index (κ1) is 26.5. The Kier molecular flexibility index (Phi) is 8.64. The van der Waals surface area contributed by atoms with E-state index in [-0.39, 0.29) is 23.7 Å². The average Bonchev–Trinajstić information content (AvgIpc) is 2.94. The first-order valence-electron chi connectivity index (χ1n) is 12.5. The van der Waals surface area contributed by atoms with Gasteiger partial charge in [0, 0.05) is 49.5 Å². The second-order valence-corrected chi connectivity index (χ2v) is 9.21. The van der Waals surface area contributed by atoms with Crippen LogP contribution in [-0.2, 0) is 0 Å². The highest BCUT2D eigenvalue weighted by atomic mass is 35.5. The number of benzene rings is 3. The van der Waals surface area contributed by atoms with E-state index in [0.29, 0.717) is 34.4 Å². The van der Waals surface area contributed by atoms with Crippen LogP contribution in [0.2, 0.25) is 0 Å². The number of carbonyl (C=O) groups excluding carboxylic acids is 1. The second kappa shape index (κ2) is 12.1. The molecule has 192 valence electrons. The highest BCUT2D eigenvalue weighted by molar-refractivity contribution is 6.05. The molecule has 1 saturated heterocycles. The molecule has 0 aliphatic carbocycles. The summed E-state index contributed by atoms with van der Waals surface area (Å²) in [5.74, 6) is 0.281. The summed E-state index contributed by atoms with van der Waals surface area (Å²) in [5.41, 5.74) is 3.24. The molecule has 3 aromatic carbocycles. The molecule has 1 amide bonds. The smallest absolute Gasteiger partial charge is 0.255 e. The van der Waals surface area contributed by atoms with Gasteiger partial charge in [-0.05, 0) is 44.2 Å². The Morgan fingerprint density at radius 2 is 1.57 bits per heavy atom. The number of carbonyl (C=O) groups is 1. The van der Waals surface area contributed by atoms with E-state index >= 15 is 0 Å². The Bertz CT molecular complexity index is 1400. The molecule has 37 heavy (non-hydrogen) atoms. The van der Waals surface area contributed by atoms with Crippen molar-refractivity contribution in [1.82, 2.24) is 10.2 Å². The number of piperazine rings is 1. The highest BCUT2D eigenvalue weighted by Crippen LogP contribution is 2.27. The zero-order valence-electron chi connectivity index (χ0n) is 21.0. The van der Waals surface area contributed by atoms with Gasteiger partial charge in [0.25, 0.3) is 5.91 Å². The fourth-order valence-electron chi connectivity index (χ4n) is 4.82. The molecule has 1 aliphatic heterocycles. The summed E-state index contributed by atoms with van der Waals surface area (Å²) in [6, 6.07) is 25.2. The van der Waals surface area contributed by atoms with Crippen molar-refractivity contribution in [3.63, 3.8) is 0 Å². The van der Waals surface area contributed by atoms with Gasteiger partial charge < -0.3 is 14.6 Å². The van der Waals surface area contributed by atoms with E-state index in [1.807, 2.05) is 36.4 Å². The zero-order valence-corrected chi connectivity index (χ0v) is 21.8. The van der Waals surface area contributed by atoms with E-state index < -0.39 is 0 Å². The number of rotatable bonds is 7. The van der Waals surface area contributed by atoms with Gasteiger partial charge in [0.2, 0.25) is 0 Å². The second-order valence-electron chi connectivity index (χ2n) is 9.21. The molecule has 1 aliphatic rings. The van der Waals surface area contributed by atoms with Gasteiger partial charge in [0.15, 0.2) is 11.0 Å². The summed E-state index contributed by atoms with van der Waals surface area (Å²) >= 11 is 0. The fourth-order valence-corrected chi connectivity index (χ4v) is 4.82. The Labute approximate surface area is 223 Å². The number of hydrogen-bond donors (Lipinski definition) is 1. The van der Waals surface area contributed by atoms with Crippen LogP contribution in [0.4, 0.5) is 5.69 Å². The number of amides is 1. The molecule has 0 saturated carbocycles. The predicted molar refractivity (Wildman–Crippen MR) is 152 cm³/mol. The van der Waals surface area contributed by atoms with E-state index in [9.17, 15) is 9.59 Å². The first-order valence-corrected chi connectivity index (χ1v) is 12.5. The lowest BCUT2D eigenvalue weighted by Gasteiger charge is -2.36. The summed E-state index contributed by atoms with van der Waals surface area (Å²) in [6.45, 7) is 7.31. The molecule has 0 radical (unpaired) electrons. The van der Waals surface area contributed by atoms with E-state index in [2.05, 4.69) is 39.4 Å². The van der Waals surface area contributed by atoms with Crippen LogP contribution in [0.15, 0.2) is 88.1 Å². The number of para-hydroxylation sites is 2. The minimum atomic E-state index is -0.222. The van der Waals surface area contributed by atoms with Gasteiger partial charge in [-0.25, -0.2) is 0 Å². The minimum absolute atomic E-state index is 0. The van der Waals surface area contributed by atoms with E-state index in [4.69, 9.17) is 4.42 Å². The standard InChI is InChI=1S/C30H31N3O3.ClH/c1-22-27(34)25-14-8-15-26(29(25)36-28(22)23-10-4-2-5-11-23)30(35)31-16-9-17-32-18-20-33(21-19-32)24-12-6-3-7-13-24;/h2-8,10-15H,9,16-21H2,1H3,(H,31,35);1H. The predicted octanol–water partition coefficient (Wildman–Crippen LogP) is 5.13. The van der Waals surface area contributed by atoms with Crippen molar-refractivity contribution in [3.05, 3.63) is 100 Å². The summed E-state index contributed by atoms with van der Waals surface area (Å²) in [5, 5.41) is 3.45. The van der Waals surface area contributed by atoms with Crippen molar-refractivity contribution in [1.29, 1.82) is 0 Å². The molecular weight excluding hydrogens is 486 g/mol. The van der Waals surface area contributed by atoms with E-state index in [1.165, 1.54) is 5.69 Å². The van der Waals surface area contributed by atoms with Gasteiger partial charge in [-0.1, -0.05) is 54.6 Å². The summed E-state index contributed by atoms with van der Waals surface area (Å²) < 4.78 is 6.19. The Morgan fingerprint density at radius 3 is 2.27 bits per heavy atom. The Balaban J connectivity index is 0.00000320. The van der Waals surface area contributed by atoms with Crippen molar-refractivity contribution < 1.29 is 9.21 Å². The molecule has 0 atom stereocenters. The van der Waals surface area contributed by atoms with Crippen LogP contribution in [0.1, 0.15) is 22.3 Å². The molecule has 1 N–H and O–H groups in total. The fraction of sp³-hybridized carbons (Fsp3) is 0.267. The topological polar surface area (TPSA) is 65.8 Å². The number of halogens is 1. The highest BCUT2D eigenvalue weighted by Gasteiger charge is 2.19. The van der Waals surface area contributed by atoms with Gasteiger partial charge in [0.05, 0.1) is 10.9 Å². The largest absolute Gasteiger partial charge is 0.455 e. The number of fused-ring (bicyclic) bond motifs is 1. The van der Waals surface area contributed by atoms with Crippen LogP contribution in [-0.4, -0.2) is 50.1 Å². The van der Waals surface area contributed by atoms with Crippen LogP contribution in [0, 0.1) is 6.92 Å². The van der Waals surface area contributed by atoms with Crippen LogP contribution in [0.25, 0.3) is 22.3 Å². The van der Waals surface area contributed by atoms with Crippen molar-refractivity contribution in [2.75, 3.05) is 44.2 Å². The monoisotopic (exact) mass is 517 g/mol. The summed E-state index contributed by atoms with van der Waals surface area (Å²) in [4.78, 5) is 31.0. The molecule has 2 heterocycles. The van der Waals surface area contributed by atoms with E-state index in [1.54, 1.807) is 25.1 Å². The molecule has 0 unspecified atom stereocenters. The Hall–Kier alpha value is -3.61. The zero-order chi connectivity index (χ0) is 24.9. The van der Waals surface area contributed by atoms with Crippen LogP contribution in [0.5, 0.6) is 0 Å². The van der Waals surface area contributed by atoms with Gasteiger partial charge >= 0.3 is 0 Å². The minimum Gasteiger partial charge on any atom is -0.455 e. The first-order chi connectivity index (χ1) is 17.6. The maximum absolute atomic E-state index is 13.1. The van der Waals surface area contributed by atoms with Gasteiger partial charge in [0.1, 0.15) is 5.76 Å². The molecule has 6 nitrogen and oxygen atoms in total. The molecule has 7 heteroatoms. The molecule has 4 aromatic rings. The van der Waals surface area contributed by atoms with E-state index in [0.717, 1.165) is 44.7 Å². The normalized spacial score (nSPS) is 13.8. The van der Waals surface area contributed by atoms with Crippen molar-refractivity contribution in [3.8, 4) is 11.3 Å². The van der Waals surface area contributed by atoms with Crippen molar-refractivity contribution in [2.24, 2.45) is 0 Å². The number of hydrogen-bond acceptors (Lipinski definition) is 5. The van der Waals surface area contributed by atoms with Gasteiger partial charge in [-0.2, -0.15) is 0 Å². The molecule has 1 fully saturated rings. The third-order valence-electron chi connectivity index (χ3n) is 6.86. The van der Waals surface area contributed by atoms with Gasteiger partial charge in [-0.15, -0.1) is 12.4 Å². The van der Waals surface area contributed by atoms with Crippen LogP contribution < -0.4 is 15.6 Å². The lowest BCUT2D eigenvalue weighted by molar-refractivity contribution is 0.0952. The third kappa shape index (κ3) is 5.87. The lowest BCUT2D eigenvalue weighted by atomic mass is 10.0. The maximum Gasteiger partial charge on any atom is 0.255 e. The molecule has 1 aromatic heterocycles. The van der Waals surface area contributed by atoms with Gasteiger partial charge in [-0.3, -0.25) is 14.5 Å². The molecule has 0 spiro atoms. The van der Waals surface area contributed by atoms with Crippen molar-refractivity contribution >= 4 is 35.0 Å². The van der Waals surface area contributed by atoms with Crippen LogP contribution >= 0.6 is 12.4 Å². The summed E-state index contributed by atoms with van der Waals surface area (Å²) in [7, 11) is 0. The van der Waals surface area contributed by atoms with Crippen molar-refractivity contribution in [2.45, 2.75) is 13.3 Å². The Morgan fingerprint density at radius 1 is 0.892 bits per heavy atom. The SMILES string of the molecule is Cc1c(-c2ccccc2)oc2c(C(=O)NCCCN3CCN(c4ccccc4)CC3)cccc2c1=O.Cl. The summed E-state index contributed by atoms with van der Waals surface area (Å²) in [6.07, 6.45) is 0.861. The molecule has 0 bridgehead atoms. The average molecular weight is 518 g/mol. The molecular formula is C30H32ClN3O3. The number of anilines is 1. The number of nitrogens with one attached hydrogen (secondary N) is 1. The maximum atomic E-state index is 13.1. The lowest BCUT2D eigenvalue weighted by Crippen LogP contribution is -2.47. The number of nitrogens with zero attached hydrogens (tertiary/aromatic N) is 2. The third-order valence-corrected chi connectivity index (χ3v) is 6.86. The molecule has 5 rings (SSSR count). The van der Waals surface area contributed by atoms with Crippen LogP contribution in [0.3, 0.4) is 0 Å².